The Morgan fingerprint density at radius 3 is 2.65 bits per heavy atom. The van der Waals surface area contributed by atoms with E-state index in [1.165, 1.54) is 15.9 Å². The first-order chi connectivity index (χ1) is 12.3. The van der Waals surface area contributed by atoms with Crippen LogP contribution in [0.4, 0.5) is 0 Å². The highest BCUT2D eigenvalue weighted by Crippen LogP contribution is 2.27. The number of H-pyrrole nitrogens is 1. The van der Waals surface area contributed by atoms with Crippen LogP contribution < -0.4 is 11.2 Å². The molecule has 3 rings (SSSR count). The van der Waals surface area contributed by atoms with Crippen LogP contribution >= 0.6 is 0 Å². The molecule has 1 atom stereocenters. The number of nitrogens with one attached hydrogen (secondary N) is 1. The number of sulfonamides is 1. The molecular formula is C16H25N5O4S. The van der Waals surface area contributed by atoms with Gasteiger partial charge in [-0.1, -0.05) is 13.3 Å². The monoisotopic (exact) mass is 383 g/mol. The van der Waals surface area contributed by atoms with E-state index in [-0.39, 0.29) is 17.2 Å². The van der Waals surface area contributed by atoms with Crippen molar-refractivity contribution in [1.29, 1.82) is 0 Å². The lowest BCUT2D eigenvalue weighted by molar-refractivity contribution is 0.310. The second kappa shape index (κ2) is 6.99. The van der Waals surface area contributed by atoms with Gasteiger partial charge in [0.2, 0.25) is 10.0 Å². The van der Waals surface area contributed by atoms with Crippen molar-refractivity contribution in [2.45, 2.75) is 38.5 Å². The second-order valence-electron chi connectivity index (χ2n) is 6.89. The van der Waals surface area contributed by atoms with Crippen LogP contribution in [-0.4, -0.2) is 50.7 Å². The molecule has 2 aromatic rings. The van der Waals surface area contributed by atoms with Crippen molar-refractivity contribution in [3.8, 4) is 0 Å². The van der Waals surface area contributed by atoms with Gasteiger partial charge in [-0.2, -0.15) is 0 Å². The van der Waals surface area contributed by atoms with E-state index in [9.17, 15) is 18.0 Å². The zero-order valence-electron chi connectivity index (χ0n) is 15.4. The molecule has 3 heterocycles. The van der Waals surface area contributed by atoms with E-state index in [4.69, 9.17) is 0 Å². The van der Waals surface area contributed by atoms with Crippen LogP contribution in [0.2, 0.25) is 0 Å². The molecule has 9 nitrogen and oxygen atoms in total. The number of nitrogens with zero attached hydrogens (tertiary/aromatic N) is 4. The SMILES string of the molecule is CCCCS(=O)(=O)N1CCCC(c2nc3c([nH]2)c(=O)n(C)c(=O)n3C)C1. The molecular weight excluding hydrogens is 358 g/mol. The molecule has 26 heavy (non-hydrogen) atoms. The average Bonchev–Trinajstić information content (AvgIpc) is 3.09. The first kappa shape index (κ1) is 18.8. The molecule has 1 fully saturated rings. The Hall–Kier alpha value is -1.94. The van der Waals surface area contributed by atoms with Gasteiger partial charge in [-0.3, -0.25) is 13.9 Å². The van der Waals surface area contributed by atoms with Crippen molar-refractivity contribution in [2.75, 3.05) is 18.8 Å². The Labute approximate surface area is 151 Å². The van der Waals surface area contributed by atoms with Gasteiger partial charge in [0.25, 0.3) is 5.56 Å². The number of fused-ring (bicyclic) bond motifs is 1. The molecule has 2 aromatic heterocycles. The van der Waals surface area contributed by atoms with Crippen molar-refractivity contribution in [3.05, 3.63) is 26.7 Å². The van der Waals surface area contributed by atoms with Crippen molar-refractivity contribution in [2.24, 2.45) is 14.1 Å². The molecule has 1 unspecified atom stereocenters. The summed E-state index contributed by atoms with van der Waals surface area (Å²) >= 11 is 0. The third-order valence-electron chi connectivity index (χ3n) is 5.03. The van der Waals surface area contributed by atoms with Crippen LogP contribution in [0.25, 0.3) is 11.2 Å². The van der Waals surface area contributed by atoms with Gasteiger partial charge in [-0.05, 0) is 19.3 Å². The van der Waals surface area contributed by atoms with Gasteiger partial charge in [-0.25, -0.2) is 22.5 Å². The van der Waals surface area contributed by atoms with Gasteiger partial charge in [0, 0.05) is 33.1 Å². The predicted octanol–water partition coefficient (Wildman–Crippen LogP) is 0.270. The number of hydrogen-bond acceptors (Lipinski definition) is 5. The first-order valence-corrected chi connectivity index (χ1v) is 10.5. The second-order valence-corrected chi connectivity index (χ2v) is 8.98. The minimum Gasteiger partial charge on any atom is -0.336 e. The smallest absolute Gasteiger partial charge is 0.332 e. The predicted molar refractivity (Wildman–Crippen MR) is 98.8 cm³/mol. The summed E-state index contributed by atoms with van der Waals surface area (Å²) in [5.74, 6) is 0.604. The number of aryl methyl sites for hydroxylation is 1. The molecule has 1 saturated heterocycles. The van der Waals surface area contributed by atoms with E-state index in [1.807, 2.05) is 6.92 Å². The van der Waals surface area contributed by atoms with E-state index in [2.05, 4.69) is 9.97 Å². The Kier molecular flexibility index (Phi) is 5.07. The van der Waals surface area contributed by atoms with Gasteiger partial charge >= 0.3 is 5.69 Å². The lowest BCUT2D eigenvalue weighted by Gasteiger charge is -2.31. The van der Waals surface area contributed by atoms with Crippen molar-refractivity contribution >= 4 is 21.2 Å². The normalized spacial score (nSPS) is 19.3. The van der Waals surface area contributed by atoms with Gasteiger partial charge in [0.05, 0.1) is 5.75 Å². The number of unbranched alkanes of at least 4 members (excludes halogenated alkanes) is 1. The maximum absolute atomic E-state index is 12.5. The number of aromatic amines is 1. The molecule has 1 aliphatic rings. The van der Waals surface area contributed by atoms with Crippen LogP contribution in [-0.2, 0) is 24.1 Å². The van der Waals surface area contributed by atoms with Crippen LogP contribution in [0.3, 0.4) is 0 Å². The zero-order chi connectivity index (χ0) is 19.1. The minimum atomic E-state index is -3.28. The van der Waals surface area contributed by atoms with E-state index in [0.717, 1.165) is 23.8 Å². The van der Waals surface area contributed by atoms with E-state index in [0.29, 0.717) is 31.0 Å². The van der Waals surface area contributed by atoms with E-state index < -0.39 is 21.3 Å². The number of aromatic nitrogens is 4. The maximum atomic E-state index is 12.5. The molecule has 0 bridgehead atoms. The highest BCUT2D eigenvalue weighted by molar-refractivity contribution is 7.89. The number of rotatable bonds is 5. The summed E-state index contributed by atoms with van der Waals surface area (Å²) < 4.78 is 28.9. The third-order valence-corrected chi connectivity index (χ3v) is 6.96. The summed E-state index contributed by atoms with van der Waals surface area (Å²) in [4.78, 5) is 31.9. The molecule has 10 heteroatoms. The third kappa shape index (κ3) is 3.23. The van der Waals surface area contributed by atoms with Crippen LogP contribution in [0, 0.1) is 0 Å². The van der Waals surface area contributed by atoms with Crippen LogP contribution in [0.1, 0.15) is 44.3 Å². The number of piperidine rings is 1. The Bertz CT molecular complexity index is 1030. The van der Waals surface area contributed by atoms with Crippen molar-refractivity contribution in [3.63, 3.8) is 0 Å². The summed E-state index contributed by atoms with van der Waals surface area (Å²) in [5.41, 5.74) is -0.285. The summed E-state index contributed by atoms with van der Waals surface area (Å²) in [7, 11) is -0.285. The summed E-state index contributed by atoms with van der Waals surface area (Å²) in [6, 6.07) is 0. The highest BCUT2D eigenvalue weighted by atomic mass is 32.2. The van der Waals surface area contributed by atoms with Crippen LogP contribution in [0.5, 0.6) is 0 Å². The fraction of sp³-hybridized carbons (Fsp3) is 0.688. The standard InChI is InChI=1S/C16H25N5O4S/c1-4-5-9-26(24,25)21-8-6-7-11(10-21)13-17-12-14(18-13)19(2)16(23)20(3)15(12)22/h11H,4-10H2,1-3H3,(H,17,18). The molecule has 0 aromatic carbocycles. The molecule has 0 spiro atoms. The fourth-order valence-electron chi connectivity index (χ4n) is 3.41. The van der Waals surface area contributed by atoms with E-state index in [1.54, 1.807) is 7.05 Å². The summed E-state index contributed by atoms with van der Waals surface area (Å²) in [5, 5.41) is 0. The lowest BCUT2D eigenvalue weighted by atomic mass is 9.99. The van der Waals surface area contributed by atoms with Crippen LogP contribution in [0.15, 0.2) is 9.59 Å². The quantitative estimate of drug-likeness (QED) is 0.797. The number of imidazole rings is 1. The fourth-order valence-corrected chi connectivity index (χ4v) is 5.14. The highest BCUT2D eigenvalue weighted by Gasteiger charge is 2.31. The molecule has 0 saturated carbocycles. The van der Waals surface area contributed by atoms with Crippen molar-refractivity contribution in [1.82, 2.24) is 23.4 Å². The Morgan fingerprint density at radius 2 is 1.96 bits per heavy atom. The molecule has 0 radical (unpaired) electrons. The van der Waals surface area contributed by atoms with Crippen molar-refractivity contribution < 1.29 is 8.42 Å². The van der Waals surface area contributed by atoms with Gasteiger partial charge in [0.15, 0.2) is 5.65 Å². The van der Waals surface area contributed by atoms with Gasteiger partial charge < -0.3 is 4.98 Å². The Morgan fingerprint density at radius 1 is 1.23 bits per heavy atom. The molecule has 144 valence electrons. The molecule has 0 amide bonds. The Balaban J connectivity index is 1.94. The number of hydrogen-bond donors (Lipinski definition) is 1. The molecule has 1 aliphatic heterocycles. The first-order valence-electron chi connectivity index (χ1n) is 8.89. The van der Waals surface area contributed by atoms with E-state index >= 15 is 0 Å². The summed E-state index contributed by atoms with van der Waals surface area (Å²) in [6.07, 6.45) is 3.00. The molecule has 0 aliphatic carbocycles. The lowest BCUT2D eigenvalue weighted by Crippen LogP contribution is -2.40. The molecule has 1 N–H and O–H groups in total. The van der Waals surface area contributed by atoms with Gasteiger partial charge in [-0.15, -0.1) is 0 Å². The van der Waals surface area contributed by atoms with Gasteiger partial charge in [0.1, 0.15) is 11.3 Å². The summed E-state index contributed by atoms with van der Waals surface area (Å²) in [6.45, 7) is 2.83. The maximum Gasteiger partial charge on any atom is 0.332 e. The minimum absolute atomic E-state index is 0.118. The average molecular weight is 383 g/mol. The zero-order valence-corrected chi connectivity index (χ0v) is 16.2. The largest absolute Gasteiger partial charge is 0.336 e. The topological polar surface area (TPSA) is 110 Å².